The lowest BCUT2D eigenvalue weighted by atomic mass is 10.2. The Hall–Kier alpha value is -2.16. The van der Waals surface area contributed by atoms with Gasteiger partial charge in [0.1, 0.15) is 5.75 Å². The maximum absolute atomic E-state index is 9.26. The lowest BCUT2D eigenvalue weighted by molar-refractivity contribution is 0.478. The van der Waals surface area contributed by atoms with Crippen molar-refractivity contribution >= 4 is 17.1 Å². The molecule has 76 valence electrons. The van der Waals surface area contributed by atoms with E-state index in [0.717, 1.165) is 11.4 Å². The molecule has 0 fully saturated rings. The molecule has 0 amide bonds. The molecule has 0 atom stereocenters. The highest BCUT2D eigenvalue weighted by atomic mass is 16.3. The summed E-state index contributed by atoms with van der Waals surface area (Å²) in [5.41, 5.74) is 7.80. The van der Waals surface area contributed by atoms with Crippen LogP contribution < -0.4 is 11.1 Å². The first-order valence-corrected chi connectivity index (χ1v) is 4.66. The van der Waals surface area contributed by atoms with Gasteiger partial charge in [-0.25, -0.2) is 0 Å². The van der Waals surface area contributed by atoms with Crippen LogP contribution in [-0.4, -0.2) is 5.11 Å². The van der Waals surface area contributed by atoms with Crippen LogP contribution in [-0.2, 0) is 0 Å². The van der Waals surface area contributed by atoms with Gasteiger partial charge in [0.15, 0.2) is 0 Å². The van der Waals surface area contributed by atoms with E-state index in [0.29, 0.717) is 5.69 Å². The van der Waals surface area contributed by atoms with Gasteiger partial charge in [0.2, 0.25) is 0 Å². The van der Waals surface area contributed by atoms with Crippen molar-refractivity contribution in [3.63, 3.8) is 0 Å². The molecule has 0 aliphatic heterocycles. The Labute approximate surface area is 88.2 Å². The van der Waals surface area contributed by atoms with Gasteiger partial charge in [0, 0.05) is 11.4 Å². The Morgan fingerprint density at radius 2 is 1.67 bits per heavy atom. The van der Waals surface area contributed by atoms with Crippen molar-refractivity contribution in [2.24, 2.45) is 0 Å². The minimum atomic E-state index is 0.105. The molecular formula is C12H12N2O. The van der Waals surface area contributed by atoms with Gasteiger partial charge >= 0.3 is 0 Å². The van der Waals surface area contributed by atoms with Crippen LogP contribution in [0.4, 0.5) is 17.1 Å². The van der Waals surface area contributed by atoms with Crippen LogP contribution in [0, 0.1) is 0 Å². The van der Waals surface area contributed by atoms with Gasteiger partial charge in [-0.1, -0.05) is 18.2 Å². The van der Waals surface area contributed by atoms with Gasteiger partial charge in [-0.2, -0.15) is 0 Å². The lowest BCUT2D eigenvalue weighted by Gasteiger charge is -2.07. The fourth-order valence-electron chi connectivity index (χ4n) is 1.32. The zero-order chi connectivity index (χ0) is 10.7. The zero-order valence-corrected chi connectivity index (χ0v) is 8.14. The highest BCUT2D eigenvalue weighted by Crippen LogP contribution is 2.25. The summed E-state index contributed by atoms with van der Waals surface area (Å²) in [4.78, 5) is 0. The van der Waals surface area contributed by atoms with Gasteiger partial charge in [0.25, 0.3) is 0 Å². The van der Waals surface area contributed by atoms with Gasteiger partial charge in [-0.15, -0.1) is 0 Å². The number of hydrogen-bond acceptors (Lipinski definition) is 3. The van der Waals surface area contributed by atoms with Crippen LogP contribution in [0.25, 0.3) is 0 Å². The molecule has 0 spiro atoms. The number of aromatic hydroxyl groups is 1. The molecule has 15 heavy (non-hydrogen) atoms. The molecule has 3 heteroatoms. The van der Waals surface area contributed by atoms with E-state index >= 15 is 0 Å². The topological polar surface area (TPSA) is 58.3 Å². The second-order valence-corrected chi connectivity index (χ2v) is 3.26. The molecule has 0 saturated carbocycles. The SMILES string of the molecule is Nc1cc(Nc2ccccc2)ccc1O. The van der Waals surface area contributed by atoms with E-state index in [1.807, 2.05) is 30.3 Å². The molecule has 2 aromatic rings. The number of nitrogens with one attached hydrogen (secondary N) is 1. The van der Waals surface area contributed by atoms with Crippen molar-refractivity contribution in [2.75, 3.05) is 11.1 Å². The van der Waals surface area contributed by atoms with Gasteiger partial charge in [0.05, 0.1) is 5.69 Å². The van der Waals surface area contributed by atoms with E-state index in [4.69, 9.17) is 5.73 Å². The second-order valence-electron chi connectivity index (χ2n) is 3.26. The Kier molecular flexibility index (Phi) is 2.46. The quantitative estimate of drug-likeness (QED) is 0.397. The highest BCUT2D eigenvalue weighted by molar-refractivity contribution is 5.67. The largest absolute Gasteiger partial charge is 0.506 e. The third kappa shape index (κ3) is 2.20. The van der Waals surface area contributed by atoms with Crippen molar-refractivity contribution in [2.45, 2.75) is 0 Å². The molecule has 0 saturated heterocycles. The molecule has 0 aromatic heterocycles. The number of benzene rings is 2. The predicted molar refractivity (Wildman–Crippen MR) is 62.2 cm³/mol. The normalized spacial score (nSPS) is 9.87. The monoisotopic (exact) mass is 200 g/mol. The maximum Gasteiger partial charge on any atom is 0.138 e. The number of phenolic OH excluding ortho intramolecular Hbond substituents is 1. The third-order valence-corrected chi connectivity index (χ3v) is 2.09. The van der Waals surface area contributed by atoms with Crippen LogP contribution >= 0.6 is 0 Å². The van der Waals surface area contributed by atoms with Crippen molar-refractivity contribution in [3.8, 4) is 5.75 Å². The molecule has 0 heterocycles. The average Bonchev–Trinajstić information content (AvgIpc) is 2.25. The lowest BCUT2D eigenvalue weighted by Crippen LogP contribution is -1.92. The number of para-hydroxylation sites is 1. The number of phenols is 1. The predicted octanol–water partition coefficient (Wildman–Crippen LogP) is 2.72. The Balaban J connectivity index is 2.22. The Bertz CT molecular complexity index is 454. The van der Waals surface area contributed by atoms with E-state index in [1.165, 1.54) is 0 Å². The van der Waals surface area contributed by atoms with Crippen LogP contribution in [0.15, 0.2) is 48.5 Å². The summed E-state index contributed by atoms with van der Waals surface area (Å²) in [5.74, 6) is 0.105. The summed E-state index contributed by atoms with van der Waals surface area (Å²) >= 11 is 0. The van der Waals surface area contributed by atoms with Gasteiger partial charge in [-0.3, -0.25) is 0 Å². The Morgan fingerprint density at radius 1 is 0.933 bits per heavy atom. The summed E-state index contributed by atoms with van der Waals surface area (Å²) in [6.45, 7) is 0. The third-order valence-electron chi connectivity index (χ3n) is 2.09. The summed E-state index contributed by atoms with van der Waals surface area (Å²) in [5, 5.41) is 12.4. The molecule has 3 nitrogen and oxygen atoms in total. The molecule has 4 N–H and O–H groups in total. The standard InChI is InChI=1S/C12H12N2O/c13-11-8-10(6-7-12(11)15)14-9-4-2-1-3-5-9/h1-8,14-15H,13H2. The summed E-state index contributed by atoms with van der Waals surface area (Å²) in [6.07, 6.45) is 0. The summed E-state index contributed by atoms with van der Waals surface area (Å²) < 4.78 is 0. The fourth-order valence-corrected chi connectivity index (χ4v) is 1.32. The van der Waals surface area contributed by atoms with Crippen molar-refractivity contribution in [1.82, 2.24) is 0 Å². The number of hydrogen-bond donors (Lipinski definition) is 3. The van der Waals surface area contributed by atoms with E-state index in [9.17, 15) is 5.11 Å². The molecule has 2 aromatic carbocycles. The average molecular weight is 200 g/mol. The zero-order valence-electron chi connectivity index (χ0n) is 8.14. The van der Waals surface area contributed by atoms with Crippen LogP contribution in [0.5, 0.6) is 5.75 Å². The summed E-state index contributed by atoms with van der Waals surface area (Å²) in [6, 6.07) is 14.8. The number of nitrogen functional groups attached to an aromatic ring is 1. The highest BCUT2D eigenvalue weighted by Gasteiger charge is 1.98. The van der Waals surface area contributed by atoms with Crippen molar-refractivity contribution in [1.29, 1.82) is 0 Å². The molecule has 2 rings (SSSR count). The maximum atomic E-state index is 9.26. The summed E-state index contributed by atoms with van der Waals surface area (Å²) in [7, 11) is 0. The van der Waals surface area contributed by atoms with E-state index in [-0.39, 0.29) is 5.75 Å². The van der Waals surface area contributed by atoms with Gasteiger partial charge in [-0.05, 0) is 30.3 Å². The second kappa shape index (κ2) is 3.92. The number of rotatable bonds is 2. The first-order valence-electron chi connectivity index (χ1n) is 4.66. The fraction of sp³-hybridized carbons (Fsp3) is 0. The molecule has 0 aliphatic rings. The molecule has 0 aliphatic carbocycles. The smallest absolute Gasteiger partial charge is 0.138 e. The van der Waals surface area contributed by atoms with E-state index < -0.39 is 0 Å². The number of nitrogens with two attached hydrogens (primary N) is 1. The van der Waals surface area contributed by atoms with Crippen molar-refractivity contribution in [3.05, 3.63) is 48.5 Å². The Morgan fingerprint density at radius 3 is 2.33 bits per heavy atom. The van der Waals surface area contributed by atoms with E-state index in [1.54, 1.807) is 18.2 Å². The molecule has 0 bridgehead atoms. The first kappa shape index (κ1) is 9.40. The van der Waals surface area contributed by atoms with Crippen LogP contribution in [0.2, 0.25) is 0 Å². The molecule has 0 radical (unpaired) electrons. The van der Waals surface area contributed by atoms with Crippen LogP contribution in [0.1, 0.15) is 0 Å². The van der Waals surface area contributed by atoms with Crippen LogP contribution in [0.3, 0.4) is 0 Å². The van der Waals surface area contributed by atoms with E-state index in [2.05, 4.69) is 5.32 Å². The van der Waals surface area contributed by atoms with Gasteiger partial charge < -0.3 is 16.2 Å². The minimum absolute atomic E-state index is 0.105. The molecule has 0 unspecified atom stereocenters. The number of anilines is 3. The molecular weight excluding hydrogens is 188 g/mol. The van der Waals surface area contributed by atoms with Crippen molar-refractivity contribution < 1.29 is 5.11 Å². The minimum Gasteiger partial charge on any atom is -0.506 e. The first-order chi connectivity index (χ1) is 7.25.